The predicted octanol–water partition coefficient (Wildman–Crippen LogP) is 2.67. The molecule has 0 aliphatic carbocycles. The molecule has 0 saturated carbocycles. The Morgan fingerprint density at radius 3 is 2.70 bits per heavy atom. The Kier molecular flexibility index (Phi) is 5.38. The van der Waals surface area contributed by atoms with E-state index >= 15 is 0 Å². The predicted molar refractivity (Wildman–Crippen MR) is 112 cm³/mol. The van der Waals surface area contributed by atoms with Crippen molar-refractivity contribution >= 4 is 34.4 Å². The molecule has 154 valence electrons. The first-order valence-corrected chi connectivity index (χ1v) is 9.65. The van der Waals surface area contributed by atoms with E-state index < -0.39 is 12.1 Å². The van der Waals surface area contributed by atoms with Gasteiger partial charge >= 0.3 is 6.03 Å². The minimum absolute atomic E-state index is 0.119. The topological polar surface area (TPSA) is 104 Å². The summed E-state index contributed by atoms with van der Waals surface area (Å²) in [6, 6.07) is 13.6. The van der Waals surface area contributed by atoms with Gasteiger partial charge in [0.25, 0.3) is 5.91 Å². The molecule has 8 heteroatoms. The Bertz CT molecular complexity index is 1090. The van der Waals surface area contributed by atoms with Crippen LogP contribution in [0.1, 0.15) is 12.0 Å². The maximum atomic E-state index is 12.6. The van der Waals surface area contributed by atoms with E-state index in [9.17, 15) is 14.4 Å². The van der Waals surface area contributed by atoms with Crippen LogP contribution in [0, 0.1) is 0 Å². The monoisotopic (exact) mass is 406 g/mol. The van der Waals surface area contributed by atoms with Gasteiger partial charge in [-0.3, -0.25) is 14.5 Å². The molecule has 1 saturated heterocycles. The minimum Gasteiger partial charge on any atom is -0.497 e. The highest BCUT2D eigenvalue weighted by Crippen LogP contribution is 2.19. The van der Waals surface area contributed by atoms with Gasteiger partial charge in [-0.2, -0.15) is 0 Å². The largest absolute Gasteiger partial charge is 0.497 e. The molecule has 0 bridgehead atoms. The van der Waals surface area contributed by atoms with Gasteiger partial charge in [-0.1, -0.05) is 18.2 Å². The fourth-order valence-electron chi connectivity index (χ4n) is 3.48. The van der Waals surface area contributed by atoms with Gasteiger partial charge in [0.05, 0.1) is 13.5 Å². The summed E-state index contributed by atoms with van der Waals surface area (Å²) < 4.78 is 5.12. The summed E-state index contributed by atoms with van der Waals surface area (Å²) >= 11 is 0. The van der Waals surface area contributed by atoms with Crippen molar-refractivity contribution in [1.82, 2.24) is 15.2 Å². The molecule has 1 aliphatic heterocycles. The number of nitrogens with one attached hydrogen (secondary N) is 3. The molecule has 30 heavy (non-hydrogen) atoms. The lowest BCUT2D eigenvalue weighted by Gasteiger charge is -2.13. The van der Waals surface area contributed by atoms with Crippen LogP contribution in [0.2, 0.25) is 0 Å². The normalized spacial score (nSPS) is 16.0. The highest BCUT2D eigenvalue weighted by Gasteiger charge is 2.38. The Labute approximate surface area is 173 Å². The molecular formula is C22H22N4O4. The first-order valence-electron chi connectivity index (χ1n) is 9.65. The number of aromatic nitrogens is 1. The van der Waals surface area contributed by atoms with Gasteiger partial charge in [-0.05, 0) is 47.7 Å². The zero-order valence-electron chi connectivity index (χ0n) is 16.5. The first kappa shape index (κ1) is 19.5. The molecule has 3 N–H and O–H groups in total. The van der Waals surface area contributed by atoms with E-state index in [1.165, 1.54) is 0 Å². The van der Waals surface area contributed by atoms with E-state index in [1.54, 1.807) is 13.2 Å². The fraction of sp³-hybridized carbons (Fsp3) is 0.227. The first-order chi connectivity index (χ1) is 14.5. The third-order valence-electron chi connectivity index (χ3n) is 5.12. The van der Waals surface area contributed by atoms with E-state index in [2.05, 4.69) is 15.6 Å². The molecule has 1 unspecified atom stereocenters. The van der Waals surface area contributed by atoms with Crippen molar-refractivity contribution in [2.45, 2.75) is 18.9 Å². The van der Waals surface area contributed by atoms with E-state index in [0.29, 0.717) is 12.1 Å². The lowest BCUT2D eigenvalue weighted by atomic mass is 10.1. The zero-order chi connectivity index (χ0) is 21.1. The van der Waals surface area contributed by atoms with Crippen molar-refractivity contribution in [2.24, 2.45) is 0 Å². The quantitative estimate of drug-likeness (QED) is 0.525. The molecule has 1 aromatic heterocycles. The van der Waals surface area contributed by atoms with Crippen LogP contribution in [0.5, 0.6) is 5.75 Å². The van der Waals surface area contributed by atoms with Crippen LogP contribution in [0.25, 0.3) is 10.9 Å². The number of anilines is 1. The van der Waals surface area contributed by atoms with Crippen LogP contribution in [0.3, 0.4) is 0 Å². The number of fused-ring (bicyclic) bond motifs is 1. The molecular weight excluding hydrogens is 384 g/mol. The van der Waals surface area contributed by atoms with Crippen molar-refractivity contribution in [1.29, 1.82) is 0 Å². The highest BCUT2D eigenvalue weighted by molar-refractivity contribution is 6.07. The second-order valence-corrected chi connectivity index (χ2v) is 7.12. The summed E-state index contributed by atoms with van der Waals surface area (Å²) in [5, 5.41) is 6.42. The van der Waals surface area contributed by atoms with E-state index in [1.807, 2.05) is 48.7 Å². The van der Waals surface area contributed by atoms with Gasteiger partial charge in [-0.25, -0.2) is 4.79 Å². The summed E-state index contributed by atoms with van der Waals surface area (Å²) in [5.41, 5.74) is 2.52. The Morgan fingerprint density at radius 1 is 1.13 bits per heavy atom. The number of hydrogen-bond donors (Lipinski definition) is 3. The zero-order valence-corrected chi connectivity index (χ0v) is 16.5. The molecule has 8 nitrogen and oxygen atoms in total. The van der Waals surface area contributed by atoms with E-state index in [0.717, 1.165) is 27.1 Å². The summed E-state index contributed by atoms with van der Waals surface area (Å²) in [5.74, 6) is 0.0234. The highest BCUT2D eigenvalue weighted by atomic mass is 16.5. The van der Waals surface area contributed by atoms with Gasteiger partial charge in [0.15, 0.2) is 0 Å². The van der Waals surface area contributed by atoms with Crippen molar-refractivity contribution in [3.05, 3.63) is 60.3 Å². The summed E-state index contributed by atoms with van der Waals surface area (Å²) in [6.45, 7) is 0.249. The molecule has 1 fully saturated rings. The molecule has 1 atom stereocenters. The van der Waals surface area contributed by atoms with Crippen LogP contribution in [0.4, 0.5) is 10.5 Å². The third-order valence-corrected chi connectivity index (χ3v) is 5.12. The summed E-state index contributed by atoms with van der Waals surface area (Å²) in [7, 11) is 1.59. The van der Waals surface area contributed by atoms with Crippen molar-refractivity contribution in [2.75, 3.05) is 19.0 Å². The number of methoxy groups -OCH3 is 1. The lowest BCUT2D eigenvalue weighted by molar-refractivity contribution is -0.129. The Morgan fingerprint density at radius 2 is 1.93 bits per heavy atom. The number of ether oxygens (including phenoxy) is 1. The number of rotatable bonds is 7. The third kappa shape index (κ3) is 4.12. The number of benzene rings is 2. The molecule has 0 spiro atoms. The minimum atomic E-state index is -0.859. The van der Waals surface area contributed by atoms with E-state index in [4.69, 9.17) is 4.74 Å². The standard InChI is InChI=1S/C22H22N4O4/c1-30-17-6-2-14(3-7-17)9-11-26-21(28)19(25-22(26)29)13-20(27)24-16-5-4-15-8-10-23-18(15)12-16/h2-8,10,12,19,23H,9,11,13H2,1H3,(H,24,27)(H,25,29). The van der Waals surface area contributed by atoms with Crippen molar-refractivity contribution in [3.63, 3.8) is 0 Å². The number of carbonyl (C=O) groups excluding carboxylic acids is 3. The van der Waals surface area contributed by atoms with Crippen LogP contribution >= 0.6 is 0 Å². The average Bonchev–Trinajstić information content (AvgIpc) is 3.31. The van der Waals surface area contributed by atoms with Gasteiger partial charge in [0, 0.05) is 23.9 Å². The molecule has 4 rings (SSSR count). The number of H-pyrrole nitrogens is 1. The van der Waals surface area contributed by atoms with Crippen LogP contribution < -0.4 is 15.4 Å². The lowest BCUT2D eigenvalue weighted by Crippen LogP contribution is -2.34. The smallest absolute Gasteiger partial charge is 0.324 e. The number of nitrogens with zero attached hydrogens (tertiary/aromatic N) is 1. The number of hydrogen-bond acceptors (Lipinski definition) is 4. The number of carbonyl (C=O) groups is 3. The second kappa shape index (κ2) is 8.28. The van der Waals surface area contributed by atoms with Gasteiger partial charge in [-0.15, -0.1) is 0 Å². The second-order valence-electron chi connectivity index (χ2n) is 7.12. The molecule has 2 heterocycles. The number of amides is 4. The van der Waals surface area contributed by atoms with Crippen molar-refractivity contribution in [3.8, 4) is 5.75 Å². The molecule has 0 radical (unpaired) electrons. The molecule has 1 aliphatic rings. The van der Waals surface area contributed by atoms with Gasteiger partial charge in [0.1, 0.15) is 11.8 Å². The Hall–Kier alpha value is -3.81. The van der Waals surface area contributed by atoms with Gasteiger partial charge in [0.2, 0.25) is 5.91 Å². The number of urea groups is 1. The maximum Gasteiger partial charge on any atom is 0.324 e. The SMILES string of the molecule is COc1ccc(CCN2C(=O)NC(CC(=O)Nc3ccc4cc[nH]c4c3)C2=O)cc1. The number of imide groups is 1. The van der Waals surface area contributed by atoms with Gasteiger partial charge < -0.3 is 20.4 Å². The molecule has 2 aromatic carbocycles. The van der Waals surface area contributed by atoms with E-state index in [-0.39, 0.29) is 24.8 Å². The fourth-order valence-corrected chi connectivity index (χ4v) is 3.48. The van der Waals surface area contributed by atoms with Crippen LogP contribution in [-0.2, 0) is 16.0 Å². The van der Waals surface area contributed by atoms with Crippen molar-refractivity contribution < 1.29 is 19.1 Å². The van der Waals surface area contributed by atoms with Crippen LogP contribution in [-0.4, -0.2) is 47.4 Å². The summed E-state index contributed by atoms with van der Waals surface area (Å²) in [4.78, 5) is 41.4. The van der Waals surface area contributed by atoms with Crippen LogP contribution in [0.15, 0.2) is 54.7 Å². The molecule has 4 amide bonds. The summed E-state index contributed by atoms with van der Waals surface area (Å²) in [6.07, 6.45) is 2.23. The Balaban J connectivity index is 1.32. The molecule has 3 aromatic rings. The average molecular weight is 406 g/mol. The maximum absolute atomic E-state index is 12.6. The number of aromatic amines is 1.